The Kier molecular flexibility index (Phi) is 17.4. The third kappa shape index (κ3) is 13.5. The Balaban J connectivity index is 0.000000142. The maximum atomic E-state index is 5.24. The van der Waals surface area contributed by atoms with Gasteiger partial charge in [-0.05, 0) is 192 Å². The van der Waals surface area contributed by atoms with E-state index < -0.39 is 0 Å². The first-order valence-corrected chi connectivity index (χ1v) is 41.2. The van der Waals surface area contributed by atoms with E-state index in [-0.39, 0.29) is 0 Å². The standard InChI is InChI=1S/C58H36N4.C56H34N4/c1-3-8-37(9-4-1)49-32-50(38-10-5-2-6-11-38)34-51(33-49)45-17-13-39-24-27-53(61-55(39)35-45)48-20-14-40-23-26-52(60-56(40)36-48)46-21-18-44-31-47(22-19-43(44)30-46)54-28-25-42-16-15-41-12-7-29-59-57(41)58(42)62-54;1-2-8-36(9-3-1)49-29-25-39-15-16-40-26-30-52(60-56(40)55(39)59-49)45-22-18-41-31-44(21-17-42(41)32-45)50-27-23-38-14-20-46(34-54(38)57-50)51-28-24-37-13-19-43(33-53(37)58-51)48-12-6-10-35-7-4-5-11-47(35)48/h1-36H;1-34H. The van der Waals surface area contributed by atoms with Gasteiger partial charge in [-0.3, -0.25) is 4.98 Å². The molecule has 16 aromatic carbocycles. The number of rotatable bonds is 11. The van der Waals surface area contributed by atoms with Crippen LogP contribution in [0.25, 0.3) is 243 Å². The third-order valence-corrected chi connectivity index (χ3v) is 23.8. The van der Waals surface area contributed by atoms with Crippen molar-refractivity contribution in [3.05, 3.63) is 425 Å². The predicted molar refractivity (Wildman–Crippen MR) is 508 cm³/mol. The van der Waals surface area contributed by atoms with Gasteiger partial charge in [0, 0.05) is 88.2 Å². The maximum absolute atomic E-state index is 5.24. The fourth-order valence-corrected chi connectivity index (χ4v) is 17.4. The molecule has 0 aliphatic carbocycles. The summed E-state index contributed by atoms with van der Waals surface area (Å²) in [7, 11) is 0. The molecular formula is C114H70N8. The molecule has 8 heteroatoms. The second kappa shape index (κ2) is 29.9. The van der Waals surface area contributed by atoms with Crippen molar-refractivity contribution in [2.24, 2.45) is 0 Å². The van der Waals surface area contributed by atoms with Gasteiger partial charge in [-0.25, -0.2) is 34.9 Å². The lowest BCUT2D eigenvalue weighted by atomic mass is 9.93. The van der Waals surface area contributed by atoms with Crippen molar-refractivity contribution < 1.29 is 0 Å². The smallest absolute Gasteiger partial charge is 0.0972 e. The molecule has 0 radical (unpaired) electrons. The first kappa shape index (κ1) is 70.9. The normalized spacial score (nSPS) is 11.6. The van der Waals surface area contributed by atoms with Crippen molar-refractivity contribution in [1.82, 2.24) is 39.9 Å². The summed E-state index contributed by atoms with van der Waals surface area (Å²) >= 11 is 0. The van der Waals surface area contributed by atoms with Gasteiger partial charge >= 0.3 is 0 Å². The minimum atomic E-state index is 0.909. The maximum Gasteiger partial charge on any atom is 0.0972 e. The molecule has 0 unspecified atom stereocenters. The largest absolute Gasteiger partial charge is 0.254 e. The molecule has 0 saturated carbocycles. The van der Waals surface area contributed by atoms with Crippen LogP contribution in [0.2, 0.25) is 0 Å². The van der Waals surface area contributed by atoms with Crippen LogP contribution >= 0.6 is 0 Å². The van der Waals surface area contributed by atoms with Crippen molar-refractivity contribution in [2.45, 2.75) is 0 Å². The Morgan fingerprint density at radius 2 is 0.410 bits per heavy atom. The third-order valence-electron chi connectivity index (χ3n) is 23.8. The lowest BCUT2D eigenvalue weighted by molar-refractivity contribution is 1.37. The summed E-state index contributed by atoms with van der Waals surface area (Å²) in [5.74, 6) is 0. The number of aromatic nitrogens is 8. The summed E-state index contributed by atoms with van der Waals surface area (Å²) in [6.07, 6.45) is 1.83. The van der Waals surface area contributed by atoms with E-state index in [1.807, 2.05) is 30.5 Å². The lowest BCUT2D eigenvalue weighted by Crippen LogP contribution is -1.91. The van der Waals surface area contributed by atoms with Crippen LogP contribution in [0.15, 0.2) is 425 Å². The molecule has 8 nitrogen and oxygen atoms in total. The van der Waals surface area contributed by atoms with Crippen LogP contribution in [0.3, 0.4) is 0 Å². The van der Waals surface area contributed by atoms with Gasteiger partial charge in [0.25, 0.3) is 0 Å². The van der Waals surface area contributed by atoms with Gasteiger partial charge in [0.15, 0.2) is 0 Å². The lowest BCUT2D eigenvalue weighted by Gasteiger charge is -2.12. The molecule has 0 fully saturated rings. The zero-order valence-corrected chi connectivity index (χ0v) is 66.0. The van der Waals surface area contributed by atoms with E-state index in [9.17, 15) is 0 Å². The Labute approximate surface area is 702 Å². The van der Waals surface area contributed by atoms with Crippen molar-refractivity contribution in [3.63, 3.8) is 0 Å². The molecule has 0 bridgehead atoms. The number of fused-ring (bicyclic) bond motifs is 13. The molecule has 8 aromatic heterocycles. The molecule has 0 saturated heterocycles. The topological polar surface area (TPSA) is 103 Å². The monoisotopic (exact) mass is 1550 g/mol. The van der Waals surface area contributed by atoms with E-state index in [2.05, 4.69) is 399 Å². The fraction of sp³-hybridized carbons (Fsp3) is 0. The Morgan fingerprint density at radius 1 is 0.131 bits per heavy atom. The summed E-state index contributed by atoms with van der Waals surface area (Å²) < 4.78 is 0. The van der Waals surface area contributed by atoms with Gasteiger partial charge in [0.05, 0.1) is 84.0 Å². The Bertz CT molecular complexity index is 8280. The summed E-state index contributed by atoms with van der Waals surface area (Å²) in [6, 6.07) is 148. The van der Waals surface area contributed by atoms with Gasteiger partial charge < -0.3 is 0 Å². The zero-order chi connectivity index (χ0) is 80.6. The van der Waals surface area contributed by atoms with Gasteiger partial charge in [-0.1, -0.05) is 303 Å². The average Bonchev–Trinajstić information content (AvgIpc) is 0.937. The molecule has 24 aromatic rings. The molecule has 0 atom stereocenters. The number of benzene rings is 16. The molecule has 0 amide bonds. The first-order valence-electron chi connectivity index (χ1n) is 41.2. The van der Waals surface area contributed by atoms with Gasteiger partial charge in [0.1, 0.15) is 0 Å². The molecule has 0 aliphatic rings. The van der Waals surface area contributed by atoms with Crippen LogP contribution in [0, 0.1) is 0 Å². The quantitative estimate of drug-likeness (QED) is 0.118. The minimum absolute atomic E-state index is 0.909. The van der Waals surface area contributed by atoms with Crippen molar-refractivity contribution in [3.8, 4) is 123 Å². The molecule has 566 valence electrons. The fourth-order valence-electron chi connectivity index (χ4n) is 17.4. The SMILES string of the molecule is c1ccc(-c2cc(-c3ccccc3)cc(-c3ccc4ccc(-c5ccc6ccc(-c7ccc8cc(-c9ccc%10ccc%11cccnc%11c%10n9)ccc8c7)nc6c5)nc4c3)c2)cc1.c1ccc(-c2ccc3ccc4ccc(-c5ccc6cc(-c7ccc8ccc(-c9ccc%10ccc(-c%11cccc%12ccccc%11%12)cc%10n9)cc8n7)ccc6c5)nc4c3n2)cc1. The van der Waals surface area contributed by atoms with Crippen LogP contribution in [0.5, 0.6) is 0 Å². The summed E-state index contributed by atoms with van der Waals surface area (Å²) in [5.41, 5.74) is 30.8. The van der Waals surface area contributed by atoms with E-state index in [0.717, 1.165) is 204 Å². The van der Waals surface area contributed by atoms with Gasteiger partial charge in [0.2, 0.25) is 0 Å². The number of nitrogens with zero attached hydrogens (tertiary/aromatic N) is 8. The van der Waals surface area contributed by atoms with Gasteiger partial charge in [-0.2, -0.15) is 0 Å². The van der Waals surface area contributed by atoms with Crippen LogP contribution in [0.4, 0.5) is 0 Å². The number of hydrogen-bond donors (Lipinski definition) is 0. The highest BCUT2D eigenvalue weighted by molar-refractivity contribution is 6.07. The van der Waals surface area contributed by atoms with Crippen LogP contribution in [-0.2, 0) is 0 Å². The predicted octanol–water partition coefficient (Wildman–Crippen LogP) is 29.6. The van der Waals surface area contributed by atoms with E-state index in [1.54, 1.807) is 0 Å². The van der Waals surface area contributed by atoms with Gasteiger partial charge in [-0.15, -0.1) is 0 Å². The highest BCUT2D eigenvalue weighted by Crippen LogP contribution is 2.40. The first-order chi connectivity index (χ1) is 60.3. The molecule has 8 heterocycles. The van der Waals surface area contributed by atoms with Crippen molar-refractivity contribution in [1.29, 1.82) is 0 Å². The van der Waals surface area contributed by atoms with E-state index in [1.165, 1.54) is 38.6 Å². The molecular weight excluding hydrogens is 1480 g/mol. The molecule has 122 heavy (non-hydrogen) atoms. The number of hydrogen-bond acceptors (Lipinski definition) is 8. The Hall–Kier alpha value is -16.4. The Morgan fingerprint density at radius 3 is 0.844 bits per heavy atom. The van der Waals surface area contributed by atoms with Crippen LogP contribution in [0.1, 0.15) is 0 Å². The number of pyridine rings is 8. The van der Waals surface area contributed by atoms with E-state index in [0.29, 0.717) is 0 Å². The molecule has 24 rings (SSSR count). The summed E-state index contributed by atoms with van der Waals surface area (Å²) in [6.45, 7) is 0. The summed E-state index contributed by atoms with van der Waals surface area (Å²) in [4.78, 5) is 40.8. The average molecular weight is 1550 g/mol. The summed E-state index contributed by atoms with van der Waals surface area (Å²) in [5, 5.41) is 15.8. The van der Waals surface area contributed by atoms with Crippen LogP contribution in [-0.4, -0.2) is 39.9 Å². The van der Waals surface area contributed by atoms with Crippen molar-refractivity contribution >= 4 is 120 Å². The van der Waals surface area contributed by atoms with E-state index >= 15 is 0 Å². The highest BCUT2D eigenvalue weighted by atomic mass is 14.8. The van der Waals surface area contributed by atoms with Crippen molar-refractivity contribution in [2.75, 3.05) is 0 Å². The van der Waals surface area contributed by atoms with E-state index in [4.69, 9.17) is 34.9 Å². The minimum Gasteiger partial charge on any atom is -0.254 e. The molecule has 0 spiro atoms. The second-order valence-corrected chi connectivity index (χ2v) is 31.4. The highest BCUT2D eigenvalue weighted by Gasteiger charge is 2.18. The second-order valence-electron chi connectivity index (χ2n) is 31.4. The van der Waals surface area contributed by atoms with Crippen LogP contribution < -0.4 is 0 Å². The molecule has 0 N–H and O–H groups in total. The zero-order valence-electron chi connectivity index (χ0n) is 66.0. The molecule has 0 aliphatic heterocycles.